The standard InChI is InChI=1S/C16H15ClF3N3/c1-7-3-4-9-6-8(2)11(10(9)5-7)13-12(17)14(16(18,19)20)23-15(21)22-13/h3-5,8,11H,6H2,1-2H3,(H2,21,22,23)/t8-,11+/m0/s1. The van der Waals surface area contributed by atoms with E-state index >= 15 is 0 Å². The monoisotopic (exact) mass is 341 g/mol. The van der Waals surface area contributed by atoms with Crippen LogP contribution >= 0.6 is 11.6 Å². The lowest BCUT2D eigenvalue weighted by molar-refractivity contribution is -0.141. The van der Waals surface area contributed by atoms with Crippen LogP contribution in [0.5, 0.6) is 0 Å². The van der Waals surface area contributed by atoms with Crippen molar-refractivity contribution in [2.75, 3.05) is 5.73 Å². The third-order valence-electron chi connectivity index (χ3n) is 4.20. The van der Waals surface area contributed by atoms with Crippen molar-refractivity contribution in [2.24, 2.45) is 5.92 Å². The molecule has 2 N–H and O–H groups in total. The summed E-state index contributed by atoms with van der Waals surface area (Å²) in [4.78, 5) is 7.33. The van der Waals surface area contributed by atoms with Gasteiger partial charge < -0.3 is 5.73 Å². The number of benzene rings is 1. The Bertz CT molecular complexity index is 774. The zero-order valence-corrected chi connectivity index (χ0v) is 13.3. The smallest absolute Gasteiger partial charge is 0.368 e. The van der Waals surface area contributed by atoms with Gasteiger partial charge in [0.25, 0.3) is 0 Å². The van der Waals surface area contributed by atoms with Gasteiger partial charge in [-0.25, -0.2) is 9.97 Å². The molecule has 2 aromatic rings. The van der Waals surface area contributed by atoms with Crippen LogP contribution in [0.2, 0.25) is 5.02 Å². The highest BCUT2D eigenvalue weighted by Gasteiger charge is 2.40. The van der Waals surface area contributed by atoms with Gasteiger partial charge in [0.1, 0.15) is 0 Å². The Hall–Kier alpha value is -1.82. The molecule has 1 aliphatic rings. The Labute approximate surface area is 136 Å². The Morgan fingerprint density at radius 2 is 1.96 bits per heavy atom. The number of fused-ring (bicyclic) bond motifs is 1. The molecule has 3 nitrogen and oxygen atoms in total. The van der Waals surface area contributed by atoms with Crippen LogP contribution in [0.1, 0.15) is 40.9 Å². The summed E-state index contributed by atoms with van der Waals surface area (Å²) >= 11 is 6.02. The second kappa shape index (κ2) is 5.37. The Morgan fingerprint density at radius 3 is 2.61 bits per heavy atom. The van der Waals surface area contributed by atoms with Crippen LogP contribution in [0, 0.1) is 12.8 Å². The molecule has 0 aliphatic heterocycles. The Balaban J connectivity index is 2.20. The van der Waals surface area contributed by atoms with E-state index in [0.717, 1.165) is 23.1 Å². The van der Waals surface area contributed by atoms with Crippen molar-refractivity contribution < 1.29 is 13.2 Å². The number of aromatic nitrogens is 2. The fourth-order valence-electron chi connectivity index (χ4n) is 3.25. The summed E-state index contributed by atoms with van der Waals surface area (Å²) in [5.74, 6) is -0.645. The molecule has 0 saturated carbocycles. The predicted molar refractivity (Wildman–Crippen MR) is 82.3 cm³/mol. The molecule has 1 aromatic heterocycles. The zero-order valence-electron chi connectivity index (χ0n) is 12.6. The van der Waals surface area contributed by atoms with E-state index in [-0.39, 0.29) is 17.5 Å². The van der Waals surface area contributed by atoms with Gasteiger partial charge in [0.05, 0.1) is 10.7 Å². The van der Waals surface area contributed by atoms with Crippen molar-refractivity contribution in [3.63, 3.8) is 0 Å². The quantitative estimate of drug-likeness (QED) is 0.838. The van der Waals surface area contributed by atoms with Gasteiger partial charge in [0.2, 0.25) is 5.95 Å². The SMILES string of the molecule is Cc1ccc2c(c1)[C@H](c1nc(N)nc(C(F)(F)F)c1Cl)[C@@H](C)C2. The number of hydrogen-bond donors (Lipinski definition) is 1. The van der Waals surface area contributed by atoms with Gasteiger partial charge in [-0.05, 0) is 30.4 Å². The molecule has 7 heteroatoms. The number of anilines is 1. The molecule has 2 atom stereocenters. The van der Waals surface area contributed by atoms with Gasteiger partial charge in [-0.3, -0.25) is 0 Å². The summed E-state index contributed by atoms with van der Waals surface area (Å²) < 4.78 is 39.4. The highest BCUT2D eigenvalue weighted by Crippen LogP contribution is 2.46. The largest absolute Gasteiger partial charge is 0.435 e. The van der Waals surface area contributed by atoms with Crippen molar-refractivity contribution in [3.8, 4) is 0 Å². The molecule has 0 unspecified atom stereocenters. The first-order chi connectivity index (χ1) is 10.7. The van der Waals surface area contributed by atoms with Crippen LogP contribution < -0.4 is 5.73 Å². The molecule has 0 amide bonds. The molecular weight excluding hydrogens is 327 g/mol. The van der Waals surface area contributed by atoms with Gasteiger partial charge in [-0.2, -0.15) is 13.2 Å². The topological polar surface area (TPSA) is 51.8 Å². The summed E-state index contributed by atoms with van der Waals surface area (Å²) in [5, 5.41) is -0.460. The lowest BCUT2D eigenvalue weighted by atomic mass is 9.89. The molecule has 0 bridgehead atoms. The first kappa shape index (κ1) is 16.1. The van der Waals surface area contributed by atoms with E-state index < -0.39 is 22.8 Å². The number of alkyl halides is 3. The summed E-state index contributed by atoms with van der Waals surface area (Å²) in [6.45, 7) is 3.92. The molecule has 1 aromatic carbocycles. The van der Waals surface area contributed by atoms with E-state index in [0.29, 0.717) is 0 Å². The van der Waals surface area contributed by atoms with Crippen molar-refractivity contribution in [2.45, 2.75) is 32.4 Å². The minimum absolute atomic E-state index is 0.0830. The summed E-state index contributed by atoms with van der Waals surface area (Å²) in [6, 6.07) is 5.97. The van der Waals surface area contributed by atoms with Crippen LogP contribution in [0.3, 0.4) is 0 Å². The predicted octanol–water partition coefficient (Wildman–Crippen LogP) is 4.36. The van der Waals surface area contributed by atoms with Gasteiger partial charge in [-0.1, -0.05) is 42.3 Å². The number of nitrogens with zero attached hydrogens (tertiary/aromatic N) is 2. The van der Waals surface area contributed by atoms with Crippen molar-refractivity contribution >= 4 is 17.5 Å². The second-order valence-corrected chi connectivity index (χ2v) is 6.37. The fourth-order valence-corrected chi connectivity index (χ4v) is 3.56. The van der Waals surface area contributed by atoms with Gasteiger partial charge >= 0.3 is 6.18 Å². The Morgan fingerprint density at radius 1 is 1.26 bits per heavy atom. The molecule has 3 rings (SSSR count). The first-order valence-corrected chi connectivity index (χ1v) is 7.55. The molecule has 1 aliphatic carbocycles. The van der Waals surface area contributed by atoms with Crippen LogP contribution in [0.15, 0.2) is 18.2 Å². The van der Waals surface area contributed by atoms with Crippen LogP contribution in [0.25, 0.3) is 0 Å². The maximum absolute atomic E-state index is 13.1. The van der Waals surface area contributed by atoms with E-state index in [1.54, 1.807) is 0 Å². The average molecular weight is 342 g/mol. The second-order valence-electron chi connectivity index (χ2n) is 5.99. The molecule has 0 saturated heterocycles. The number of nitrogens with two attached hydrogens (primary N) is 1. The summed E-state index contributed by atoms with van der Waals surface area (Å²) in [6.07, 6.45) is -3.90. The number of halogens is 4. The lowest BCUT2D eigenvalue weighted by Crippen LogP contribution is -2.17. The van der Waals surface area contributed by atoms with E-state index in [4.69, 9.17) is 17.3 Å². The molecule has 1 heterocycles. The number of rotatable bonds is 1. The summed E-state index contributed by atoms with van der Waals surface area (Å²) in [7, 11) is 0. The third-order valence-corrected chi connectivity index (χ3v) is 4.58. The molecular formula is C16H15ClF3N3. The zero-order chi connectivity index (χ0) is 16.9. The third kappa shape index (κ3) is 2.76. The van der Waals surface area contributed by atoms with Crippen molar-refractivity contribution in [1.82, 2.24) is 9.97 Å². The minimum Gasteiger partial charge on any atom is -0.368 e. The van der Waals surface area contributed by atoms with Gasteiger partial charge in [0.15, 0.2) is 5.69 Å². The molecule has 0 spiro atoms. The van der Waals surface area contributed by atoms with Crippen LogP contribution in [-0.2, 0) is 12.6 Å². The van der Waals surface area contributed by atoms with Gasteiger partial charge in [-0.15, -0.1) is 0 Å². The summed E-state index contributed by atoms with van der Waals surface area (Å²) in [5.41, 5.74) is 7.60. The van der Waals surface area contributed by atoms with Crippen molar-refractivity contribution in [1.29, 1.82) is 0 Å². The van der Waals surface area contributed by atoms with Crippen LogP contribution in [-0.4, -0.2) is 9.97 Å². The molecule has 0 fully saturated rings. The van der Waals surface area contributed by atoms with E-state index in [9.17, 15) is 13.2 Å². The van der Waals surface area contributed by atoms with Crippen LogP contribution in [0.4, 0.5) is 19.1 Å². The van der Waals surface area contributed by atoms with Gasteiger partial charge in [0, 0.05) is 5.92 Å². The highest BCUT2D eigenvalue weighted by molar-refractivity contribution is 6.32. The maximum atomic E-state index is 13.1. The Kier molecular flexibility index (Phi) is 3.75. The van der Waals surface area contributed by atoms with E-state index in [1.165, 1.54) is 0 Å². The number of nitrogen functional groups attached to an aromatic ring is 1. The van der Waals surface area contributed by atoms with E-state index in [1.807, 2.05) is 32.0 Å². The normalized spacial score (nSPS) is 20.6. The lowest BCUT2D eigenvalue weighted by Gasteiger charge is -2.20. The minimum atomic E-state index is -4.67. The van der Waals surface area contributed by atoms with E-state index in [2.05, 4.69) is 9.97 Å². The highest BCUT2D eigenvalue weighted by atomic mass is 35.5. The first-order valence-electron chi connectivity index (χ1n) is 7.18. The fraction of sp³-hybridized carbons (Fsp3) is 0.375. The number of aryl methyl sites for hydroxylation is 1. The maximum Gasteiger partial charge on any atom is 0.435 e. The molecule has 0 radical (unpaired) electrons. The average Bonchev–Trinajstić information content (AvgIpc) is 2.75. The number of hydrogen-bond acceptors (Lipinski definition) is 3. The molecule has 122 valence electrons. The van der Waals surface area contributed by atoms with Crippen molar-refractivity contribution in [3.05, 3.63) is 51.3 Å². The molecule has 23 heavy (non-hydrogen) atoms.